The molecule has 0 aliphatic heterocycles. The number of nitrogens with zero attached hydrogens (tertiary/aromatic N) is 2. The molecule has 1 fully saturated rings. The van der Waals surface area contributed by atoms with Crippen LogP contribution in [0.3, 0.4) is 0 Å². The van der Waals surface area contributed by atoms with Crippen molar-refractivity contribution in [3.05, 3.63) is 65.0 Å². The third-order valence-corrected chi connectivity index (χ3v) is 7.78. The molecule has 36 heavy (non-hydrogen) atoms. The molecule has 0 saturated heterocycles. The van der Waals surface area contributed by atoms with Gasteiger partial charge in [-0.05, 0) is 62.4 Å². The first-order valence-corrected chi connectivity index (χ1v) is 14.2. The Hall–Kier alpha value is -2.94. The van der Waals surface area contributed by atoms with Gasteiger partial charge >= 0.3 is 0 Å². The van der Waals surface area contributed by atoms with Crippen LogP contribution in [0.1, 0.15) is 55.7 Å². The average molecular weight is 518 g/mol. The minimum atomic E-state index is -3.80. The van der Waals surface area contributed by atoms with E-state index in [4.69, 9.17) is 0 Å². The van der Waals surface area contributed by atoms with Crippen molar-refractivity contribution >= 4 is 27.5 Å². The molecule has 0 unspecified atom stereocenters. The van der Waals surface area contributed by atoms with Crippen LogP contribution >= 0.6 is 0 Å². The molecule has 1 N–H and O–H groups in total. The monoisotopic (exact) mass is 517 g/mol. The highest BCUT2D eigenvalue weighted by atomic mass is 32.2. The highest BCUT2D eigenvalue weighted by molar-refractivity contribution is 7.92. The highest BCUT2D eigenvalue weighted by Crippen LogP contribution is 2.25. The van der Waals surface area contributed by atoms with Crippen LogP contribution in [0.2, 0.25) is 0 Å². The normalized spacial score (nSPS) is 14.9. The number of benzene rings is 2. The van der Waals surface area contributed by atoms with Crippen molar-refractivity contribution in [2.45, 2.75) is 71.5 Å². The number of aryl methyl sites for hydroxylation is 2. The molecule has 0 aromatic heterocycles. The van der Waals surface area contributed by atoms with Crippen LogP contribution in [0.25, 0.3) is 0 Å². The molecule has 7 nitrogen and oxygen atoms in total. The molecule has 1 aliphatic rings. The molecule has 9 heteroatoms. The van der Waals surface area contributed by atoms with Gasteiger partial charge in [-0.2, -0.15) is 0 Å². The zero-order valence-electron chi connectivity index (χ0n) is 21.5. The van der Waals surface area contributed by atoms with E-state index in [1.807, 2.05) is 19.9 Å². The molecule has 196 valence electrons. The second kappa shape index (κ2) is 11.9. The average Bonchev–Trinajstić information content (AvgIpc) is 3.31. The first-order valence-electron chi connectivity index (χ1n) is 12.4. The van der Waals surface area contributed by atoms with Gasteiger partial charge in [-0.1, -0.05) is 49.6 Å². The van der Waals surface area contributed by atoms with E-state index >= 15 is 0 Å². The van der Waals surface area contributed by atoms with Crippen molar-refractivity contribution in [2.24, 2.45) is 0 Å². The van der Waals surface area contributed by atoms with E-state index in [1.54, 1.807) is 31.2 Å². The lowest BCUT2D eigenvalue weighted by atomic mass is 10.1. The fraction of sp³-hybridized carbons (Fsp3) is 0.481. The number of sulfonamides is 1. The summed E-state index contributed by atoms with van der Waals surface area (Å²) in [4.78, 5) is 28.4. The molecule has 2 aromatic carbocycles. The van der Waals surface area contributed by atoms with Crippen molar-refractivity contribution in [1.29, 1.82) is 0 Å². The molecule has 0 heterocycles. The molecular formula is C27H36FN3O4S. The zero-order valence-corrected chi connectivity index (χ0v) is 22.3. The van der Waals surface area contributed by atoms with Crippen LogP contribution in [0.4, 0.5) is 10.1 Å². The Labute approximate surface area is 213 Å². The van der Waals surface area contributed by atoms with Gasteiger partial charge in [0.25, 0.3) is 0 Å². The van der Waals surface area contributed by atoms with Gasteiger partial charge in [0, 0.05) is 12.6 Å². The number of nitrogens with one attached hydrogen (secondary N) is 1. The van der Waals surface area contributed by atoms with Gasteiger partial charge in [0.05, 0.1) is 11.9 Å². The second-order valence-electron chi connectivity index (χ2n) is 9.62. The fourth-order valence-corrected chi connectivity index (χ4v) is 5.66. The van der Waals surface area contributed by atoms with Gasteiger partial charge in [-0.25, -0.2) is 12.8 Å². The quantitative estimate of drug-likeness (QED) is 0.515. The van der Waals surface area contributed by atoms with Gasteiger partial charge in [0.15, 0.2) is 0 Å². The van der Waals surface area contributed by atoms with Crippen molar-refractivity contribution in [3.8, 4) is 0 Å². The van der Waals surface area contributed by atoms with Crippen LogP contribution in [0.15, 0.2) is 42.5 Å². The fourth-order valence-electron chi connectivity index (χ4n) is 4.75. The Morgan fingerprint density at radius 1 is 1.08 bits per heavy atom. The van der Waals surface area contributed by atoms with Gasteiger partial charge in [-0.15, -0.1) is 0 Å². The van der Waals surface area contributed by atoms with E-state index in [0.717, 1.165) is 47.4 Å². The minimum absolute atomic E-state index is 0.0557. The Morgan fingerprint density at radius 2 is 1.72 bits per heavy atom. The first kappa shape index (κ1) is 27.6. The van der Waals surface area contributed by atoms with Crippen LogP contribution in [-0.4, -0.2) is 50.0 Å². The lowest BCUT2D eigenvalue weighted by Gasteiger charge is -2.33. The summed E-state index contributed by atoms with van der Waals surface area (Å²) >= 11 is 0. The summed E-state index contributed by atoms with van der Waals surface area (Å²) in [6.07, 6.45) is 5.34. The topological polar surface area (TPSA) is 86.8 Å². The van der Waals surface area contributed by atoms with Gasteiger partial charge in [0.2, 0.25) is 21.8 Å². The molecule has 1 aliphatic carbocycles. The van der Waals surface area contributed by atoms with Crippen molar-refractivity contribution in [3.63, 3.8) is 0 Å². The molecule has 0 spiro atoms. The standard InChI is InChI=1S/C27H36FN3O4S/c1-5-24(27(33)29-23-8-6-7-9-23)30(17-21-11-13-22(28)14-12-21)26(32)18-31(36(4,34)35)25-15-10-19(2)16-20(25)3/h10-16,23-24H,5-9,17-18H2,1-4H3,(H,29,33)/t24-/m0/s1. The predicted molar refractivity (Wildman–Crippen MR) is 140 cm³/mol. The Morgan fingerprint density at radius 3 is 2.28 bits per heavy atom. The van der Waals surface area contributed by atoms with Crippen molar-refractivity contribution in [2.75, 3.05) is 17.1 Å². The largest absolute Gasteiger partial charge is 0.352 e. The molecule has 2 amide bonds. The molecule has 1 atom stereocenters. The maximum Gasteiger partial charge on any atom is 0.244 e. The third kappa shape index (κ3) is 7.06. The molecule has 0 bridgehead atoms. The lowest BCUT2D eigenvalue weighted by molar-refractivity contribution is -0.140. The zero-order chi connectivity index (χ0) is 26.5. The number of carbonyl (C=O) groups excluding carboxylic acids is 2. The molecule has 3 rings (SSSR count). The summed E-state index contributed by atoms with van der Waals surface area (Å²) in [5.41, 5.74) is 2.77. The van der Waals surface area contributed by atoms with E-state index in [2.05, 4.69) is 5.32 Å². The minimum Gasteiger partial charge on any atom is -0.352 e. The number of carbonyl (C=O) groups is 2. The van der Waals surface area contributed by atoms with E-state index < -0.39 is 34.3 Å². The van der Waals surface area contributed by atoms with Gasteiger partial charge in [-0.3, -0.25) is 13.9 Å². The smallest absolute Gasteiger partial charge is 0.244 e. The summed E-state index contributed by atoms with van der Waals surface area (Å²) in [6.45, 7) is 5.14. The third-order valence-electron chi connectivity index (χ3n) is 6.65. The molecule has 2 aromatic rings. The summed E-state index contributed by atoms with van der Waals surface area (Å²) in [7, 11) is -3.80. The summed E-state index contributed by atoms with van der Waals surface area (Å²) in [5.74, 6) is -1.16. The number of anilines is 1. The van der Waals surface area contributed by atoms with Crippen molar-refractivity contribution in [1.82, 2.24) is 10.2 Å². The van der Waals surface area contributed by atoms with E-state index in [1.165, 1.54) is 17.0 Å². The molecule has 0 radical (unpaired) electrons. The number of hydrogen-bond donors (Lipinski definition) is 1. The van der Waals surface area contributed by atoms with Crippen LogP contribution in [0.5, 0.6) is 0 Å². The summed E-state index contributed by atoms with van der Waals surface area (Å²) in [6, 6.07) is 10.4. The number of amides is 2. The van der Waals surface area contributed by atoms with Gasteiger partial charge < -0.3 is 10.2 Å². The van der Waals surface area contributed by atoms with Crippen LogP contribution < -0.4 is 9.62 Å². The predicted octanol–water partition coefficient (Wildman–Crippen LogP) is 4.07. The van der Waals surface area contributed by atoms with Gasteiger partial charge in [0.1, 0.15) is 18.4 Å². The number of hydrogen-bond acceptors (Lipinski definition) is 4. The van der Waals surface area contributed by atoms with Crippen LogP contribution in [-0.2, 0) is 26.2 Å². The number of halogens is 1. The second-order valence-corrected chi connectivity index (χ2v) is 11.5. The summed E-state index contributed by atoms with van der Waals surface area (Å²) < 4.78 is 40.1. The summed E-state index contributed by atoms with van der Waals surface area (Å²) in [5, 5.41) is 3.07. The maximum atomic E-state index is 13.7. The molecule has 1 saturated carbocycles. The Kier molecular flexibility index (Phi) is 9.11. The molecular weight excluding hydrogens is 481 g/mol. The number of rotatable bonds is 10. The van der Waals surface area contributed by atoms with Crippen molar-refractivity contribution < 1.29 is 22.4 Å². The maximum absolute atomic E-state index is 13.7. The van der Waals surface area contributed by atoms with E-state index in [9.17, 15) is 22.4 Å². The first-order chi connectivity index (χ1) is 17.0. The van der Waals surface area contributed by atoms with E-state index in [0.29, 0.717) is 17.7 Å². The SMILES string of the molecule is CC[C@@H](C(=O)NC1CCCC1)N(Cc1ccc(F)cc1)C(=O)CN(c1ccc(C)cc1C)S(C)(=O)=O. The van der Waals surface area contributed by atoms with E-state index in [-0.39, 0.29) is 18.5 Å². The van der Waals surface area contributed by atoms with Crippen LogP contribution in [0, 0.1) is 19.7 Å². The highest BCUT2D eigenvalue weighted by Gasteiger charge is 2.33. The Balaban J connectivity index is 1.93. The Bertz CT molecular complexity index is 1180. The lowest BCUT2D eigenvalue weighted by Crippen LogP contribution is -2.53.